The summed E-state index contributed by atoms with van der Waals surface area (Å²) in [6.45, 7) is 9.31. The zero-order valence-electron chi connectivity index (χ0n) is 9.47. The lowest BCUT2D eigenvalue weighted by molar-refractivity contribution is 0.249. The van der Waals surface area contributed by atoms with Crippen LogP contribution < -0.4 is 5.32 Å². The second-order valence-electron chi connectivity index (χ2n) is 4.76. The summed E-state index contributed by atoms with van der Waals surface area (Å²) in [5, 5.41) is 3.51. The van der Waals surface area contributed by atoms with E-state index in [1.807, 2.05) is 0 Å². The monoisotopic (exact) mass is 183 g/mol. The van der Waals surface area contributed by atoms with Crippen LogP contribution >= 0.6 is 0 Å². The van der Waals surface area contributed by atoms with Crippen molar-refractivity contribution in [2.24, 2.45) is 17.8 Å². The first-order valence-corrected chi connectivity index (χ1v) is 5.96. The second kappa shape index (κ2) is 5.64. The predicted octanol–water partition coefficient (Wildman–Crippen LogP) is 3.06. The maximum atomic E-state index is 3.51. The average molecular weight is 183 g/mol. The number of nitrogens with one attached hydrogen (secondary N) is 1. The Kier molecular flexibility index (Phi) is 4.79. The van der Waals surface area contributed by atoms with Crippen LogP contribution in [0.25, 0.3) is 0 Å². The van der Waals surface area contributed by atoms with Crippen molar-refractivity contribution in [3.8, 4) is 0 Å². The second-order valence-corrected chi connectivity index (χ2v) is 4.76. The Labute approximate surface area is 83.3 Å². The molecule has 1 fully saturated rings. The van der Waals surface area contributed by atoms with Gasteiger partial charge in [-0.2, -0.15) is 0 Å². The van der Waals surface area contributed by atoms with Crippen LogP contribution in [0.15, 0.2) is 0 Å². The van der Waals surface area contributed by atoms with Gasteiger partial charge in [0.1, 0.15) is 0 Å². The zero-order chi connectivity index (χ0) is 9.68. The molecule has 1 saturated carbocycles. The van der Waals surface area contributed by atoms with Gasteiger partial charge in [0, 0.05) is 0 Å². The van der Waals surface area contributed by atoms with Crippen LogP contribution in [0.1, 0.15) is 46.5 Å². The summed E-state index contributed by atoms with van der Waals surface area (Å²) in [4.78, 5) is 0. The third-order valence-corrected chi connectivity index (χ3v) is 3.49. The third kappa shape index (κ3) is 3.30. The molecule has 0 radical (unpaired) electrons. The van der Waals surface area contributed by atoms with E-state index in [4.69, 9.17) is 0 Å². The molecule has 1 unspecified atom stereocenters. The minimum Gasteiger partial charge on any atom is -0.317 e. The zero-order valence-corrected chi connectivity index (χ0v) is 9.47. The van der Waals surface area contributed by atoms with Gasteiger partial charge in [0.15, 0.2) is 0 Å². The van der Waals surface area contributed by atoms with Crippen LogP contribution in [-0.2, 0) is 0 Å². The van der Waals surface area contributed by atoms with Crippen LogP contribution in [0, 0.1) is 17.8 Å². The Hall–Kier alpha value is -0.0400. The van der Waals surface area contributed by atoms with Crippen molar-refractivity contribution in [3.05, 3.63) is 0 Å². The van der Waals surface area contributed by atoms with Crippen LogP contribution in [0.5, 0.6) is 0 Å². The number of hydrogen-bond acceptors (Lipinski definition) is 1. The third-order valence-electron chi connectivity index (χ3n) is 3.49. The first-order chi connectivity index (χ1) is 6.25. The van der Waals surface area contributed by atoms with Gasteiger partial charge >= 0.3 is 0 Å². The fourth-order valence-corrected chi connectivity index (χ4v) is 2.64. The van der Waals surface area contributed by atoms with E-state index in [1.165, 1.54) is 32.2 Å². The van der Waals surface area contributed by atoms with Gasteiger partial charge in [-0.15, -0.1) is 0 Å². The van der Waals surface area contributed by atoms with Crippen LogP contribution in [0.4, 0.5) is 0 Å². The molecule has 1 heteroatoms. The van der Waals surface area contributed by atoms with Crippen molar-refractivity contribution in [2.75, 3.05) is 13.1 Å². The summed E-state index contributed by atoms with van der Waals surface area (Å²) in [5.41, 5.74) is 0. The van der Waals surface area contributed by atoms with E-state index in [-0.39, 0.29) is 0 Å². The fraction of sp³-hybridized carbons (Fsp3) is 1.00. The highest BCUT2D eigenvalue weighted by Crippen LogP contribution is 2.34. The van der Waals surface area contributed by atoms with Gasteiger partial charge in [-0.1, -0.05) is 46.5 Å². The molecule has 1 nitrogen and oxygen atoms in total. The molecule has 1 rings (SSSR count). The molecule has 0 aromatic heterocycles. The number of rotatable bonds is 5. The molecular formula is C12H25N. The van der Waals surface area contributed by atoms with E-state index >= 15 is 0 Å². The normalized spacial score (nSPS) is 21.2. The van der Waals surface area contributed by atoms with Gasteiger partial charge in [0.05, 0.1) is 0 Å². The van der Waals surface area contributed by atoms with Crippen LogP contribution in [0.3, 0.4) is 0 Å². The first kappa shape index (κ1) is 11.0. The number of hydrogen-bond donors (Lipinski definition) is 1. The smallest absolute Gasteiger partial charge is 0.00155 e. The average Bonchev–Trinajstić information content (AvgIpc) is 2.57. The SMILES string of the molecule is CCNCC(C(C)C)C1CCCC1. The topological polar surface area (TPSA) is 12.0 Å². The molecular weight excluding hydrogens is 158 g/mol. The molecule has 0 aromatic rings. The molecule has 78 valence electrons. The van der Waals surface area contributed by atoms with E-state index < -0.39 is 0 Å². The van der Waals surface area contributed by atoms with Crippen molar-refractivity contribution < 1.29 is 0 Å². The maximum Gasteiger partial charge on any atom is -0.00155 e. The summed E-state index contributed by atoms with van der Waals surface area (Å²) in [6, 6.07) is 0. The van der Waals surface area contributed by atoms with Gasteiger partial charge in [-0.05, 0) is 30.8 Å². The molecule has 13 heavy (non-hydrogen) atoms. The minimum absolute atomic E-state index is 0.849. The highest BCUT2D eigenvalue weighted by molar-refractivity contribution is 4.78. The van der Waals surface area contributed by atoms with E-state index in [0.29, 0.717) is 0 Å². The highest BCUT2D eigenvalue weighted by atomic mass is 14.8. The summed E-state index contributed by atoms with van der Waals surface area (Å²) < 4.78 is 0. The summed E-state index contributed by atoms with van der Waals surface area (Å²) in [7, 11) is 0. The lowest BCUT2D eigenvalue weighted by Gasteiger charge is -2.27. The largest absolute Gasteiger partial charge is 0.317 e. The molecule has 1 aliphatic rings. The molecule has 0 saturated heterocycles. The molecule has 0 aromatic carbocycles. The van der Waals surface area contributed by atoms with E-state index in [0.717, 1.165) is 24.3 Å². The molecule has 1 aliphatic carbocycles. The molecule has 0 bridgehead atoms. The van der Waals surface area contributed by atoms with Crippen molar-refractivity contribution in [1.82, 2.24) is 5.32 Å². The Bertz CT molecular complexity index is 125. The Morgan fingerprint density at radius 1 is 1.23 bits per heavy atom. The van der Waals surface area contributed by atoms with Crippen molar-refractivity contribution in [3.63, 3.8) is 0 Å². The van der Waals surface area contributed by atoms with Gasteiger partial charge in [0.25, 0.3) is 0 Å². The molecule has 0 amide bonds. The van der Waals surface area contributed by atoms with Crippen LogP contribution in [-0.4, -0.2) is 13.1 Å². The molecule has 0 aliphatic heterocycles. The predicted molar refractivity (Wildman–Crippen MR) is 58.8 cm³/mol. The van der Waals surface area contributed by atoms with Gasteiger partial charge < -0.3 is 5.32 Å². The highest BCUT2D eigenvalue weighted by Gasteiger charge is 2.26. The van der Waals surface area contributed by atoms with Gasteiger partial charge in [0.2, 0.25) is 0 Å². The lowest BCUT2D eigenvalue weighted by atomic mass is 9.82. The Balaban J connectivity index is 2.36. The van der Waals surface area contributed by atoms with E-state index in [1.54, 1.807) is 0 Å². The molecule has 1 atom stereocenters. The summed E-state index contributed by atoms with van der Waals surface area (Å²) in [6.07, 6.45) is 5.91. The minimum atomic E-state index is 0.849. The lowest BCUT2D eigenvalue weighted by Crippen LogP contribution is -2.30. The van der Waals surface area contributed by atoms with Crippen molar-refractivity contribution >= 4 is 0 Å². The standard InChI is InChI=1S/C12H25N/c1-4-13-9-12(10(2)3)11-7-5-6-8-11/h10-13H,4-9H2,1-3H3. The van der Waals surface area contributed by atoms with E-state index in [2.05, 4.69) is 26.1 Å². The molecule has 0 spiro atoms. The van der Waals surface area contributed by atoms with Gasteiger partial charge in [-0.3, -0.25) is 0 Å². The molecule has 1 N–H and O–H groups in total. The summed E-state index contributed by atoms with van der Waals surface area (Å²) >= 11 is 0. The Morgan fingerprint density at radius 2 is 1.85 bits per heavy atom. The van der Waals surface area contributed by atoms with Crippen molar-refractivity contribution in [1.29, 1.82) is 0 Å². The first-order valence-electron chi connectivity index (χ1n) is 5.96. The quantitative estimate of drug-likeness (QED) is 0.691. The van der Waals surface area contributed by atoms with Gasteiger partial charge in [-0.25, -0.2) is 0 Å². The van der Waals surface area contributed by atoms with E-state index in [9.17, 15) is 0 Å². The fourth-order valence-electron chi connectivity index (χ4n) is 2.64. The molecule has 0 heterocycles. The van der Waals surface area contributed by atoms with Crippen molar-refractivity contribution in [2.45, 2.75) is 46.5 Å². The summed E-state index contributed by atoms with van der Waals surface area (Å²) in [5.74, 6) is 2.78. The Morgan fingerprint density at radius 3 is 2.31 bits per heavy atom. The van der Waals surface area contributed by atoms with Crippen LogP contribution in [0.2, 0.25) is 0 Å². The maximum absolute atomic E-state index is 3.51.